The highest BCUT2D eigenvalue weighted by Crippen LogP contribution is 2.33. The van der Waals surface area contributed by atoms with Crippen LogP contribution in [0.1, 0.15) is 10.5 Å². The molecule has 1 amide bonds. The minimum absolute atomic E-state index is 0.146. The van der Waals surface area contributed by atoms with Crippen molar-refractivity contribution in [2.45, 2.75) is 0 Å². The molecule has 2 heterocycles. The zero-order valence-corrected chi connectivity index (χ0v) is 13.1. The fourth-order valence-electron chi connectivity index (χ4n) is 1.97. The molecule has 0 fully saturated rings. The minimum atomic E-state index is -0.430. The maximum atomic E-state index is 12.3. The molecule has 3 rings (SSSR count). The summed E-state index contributed by atoms with van der Waals surface area (Å²) < 4.78 is 15.8. The highest BCUT2D eigenvalue weighted by atomic mass is 32.1. The molecule has 3 aromatic rings. The van der Waals surface area contributed by atoms with Crippen LogP contribution in [0.4, 0.5) is 5.13 Å². The molecule has 0 unspecified atom stereocenters. The van der Waals surface area contributed by atoms with Crippen LogP contribution < -0.4 is 14.8 Å². The zero-order chi connectivity index (χ0) is 16.2. The maximum Gasteiger partial charge on any atom is 0.280 e. The number of nitrogens with one attached hydrogen (secondary N) is 1. The molecule has 0 spiro atoms. The first-order chi connectivity index (χ1) is 11.2. The van der Waals surface area contributed by atoms with E-state index in [1.165, 1.54) is 30.4 Å². The average molecular weight is 332 g/mol. The summed E-state index contributed by atoms with van der Waals surface area (Å²) in [6.07, 6.45) is 1.21. The van der Waals surface area contributed by atoms with Crippen molar-refractivity contribution in [3.63, 3.8) is 0 Å². The Morgan fingerprint density at radius 1 is 1.26 bits per heavy atom. The van der Waals surface area contributed by atoms with Gasteiger partial charge in [0.2, 0.25) is 5.13 Å². The van der Waals surface area contributed by atoms with Crippen molar-refractivity contribution in [2.24, 2.45) is 0 Å². The third-order valence-electron chi connectivity index (χ3n) is 3.01. The van der Waals surface area contributed by atoms with E-state index in [0.717, 1.165) is 0 Å². The number of carbonyl (C=O) groups is 1. The number of methoxy groups -OCH3 is 2. The number of amides is 1. The van der Waals surface area contributed by atoms with Crippen molar-refractivity contribution in [2.75, 3.05) is 19.5 Å². The summed E-state index contributed by atoms with van der Waals surface area (Å²) in [6.45, 7) is 0. The molecule has 0 aliphatic heterocycles. The Hall–Kier alpha value is -2.94. The number of anilines is 1. The van der Waals surface area contributed by atoms with Gasteiger partial charge in [-0.25, -0.2) is 4.98 Å². The Labute approximate surface area is 135 Å². The number of oxazole rings is 1. The average Bonchev–Trinajstić information content (AvgIpc) is 3.25. The van der Waals surface area contributed by atoms with Gasteiger partial charge < -0.3 is 13.9 Å². The molecule has 0 bridgehead atoms. The molecule has 2 aromatic heterocycles. The van der Waals surface area contributed by atoms with Crippen LogP contribution in [0.3, 0.4) is 0 Å². The lowest BCUT2D eigenvalue weighted by atomic mass is 10.1. The Kier molecular flexibility index (Phi) is 4.20. The SMILES string of the molecule is COc1ccc(-c2ocnc2C(=O)Nc2nncs2)cc1OC. The van der Waals surface area contributed by atoms with Crippen molar-refractivity contribution in [3.8, 4) is 22.8 Å². The van der Waals surface area contributed by atoms with Gasteiger partial charge in [-0.3, -0.25) is 10.1 Å². The number of carbonyl (C=O) groups excluding carboxylic acids is 1. The van der Waals surface area contributed by atoms with Gasteiger partial charge in [0, 0.05) is 5.56 Å². The molecule has 0 radical (unpaired) electrons. The van der Waals surface area contributed by atoms with E-state index < -0.39 is 5.91 Å². The second kappa shape index (κ2) is 6.44. The van der Waals surface area contributed by atoms with E-state index in [4.69, 9.17) is 13.9 Å². The van der Waals surface area contributed by atoms with E-state index >= 15 is 0 Å². The van der Waals surface area contributed by atoms with Crippen molar-refractivity contribution in [1.29, 1.82) is 0 Å². The summed E-state index contributed by atoms with van der Waals surface area (Å²) in [5.74, 6) is 1.00. The molecule has 0 atom stereocenters. The van der Waals surface area contributed by atoms with Gasteiger partial charge in [0.1, 0.15) is 5.51 Å². The van der Waals surface area contributed by atoms with E-state index in [1.54, 1.807) is 25.3 Å². The molecule has 8 nitrogen and oxygen atoms in total. The largest absolute Gasteiger partial charge is 0.493 e. The number of rotatable bonds is 5. The standard InChI is InChI=1S/C14H12N4O4S/c1-20-9-4-3-8(5-10(9)21-2)12-11(15-6-22-12)13(19)17-14-18-16-7-23-14/h3-7H,1-2H3,(H,17,18,19). The summed E-state index contributed by atoms with van der Waals surface area (Å²) >= 11 is 1.21. The Balaban J connectivity index is 1.93. The highest BCUT2D eigenvalue weighted by molar-refractivity contribution is 7.13. The lowest BCUT2D eigenvalue weighted by Gasteiger charge is -2.08. The molecule has 1 N–H and O–H groups in total. The van der Waals surface area contributed by atoms with Crippen LogP contribution in [0, 0.1) is 0 Å². The predicted molar refractivity (Wildman–Crippen MR) is 82.9 cm³/mol. The number of hydrogen-bond donors (Lipinski definition) is 1. The van der Waals surface area contributed by atoms with Crippen molar-refractivity contribution in [3.05, 3.63) is 35.8 Å². The molecular formula is C14H12N4O4S. The van der Waals surface area contributed by atoms with Crippen LogP contribution in [-0.4, -0.2) is 35.3 Å². The van der Waals surface area contributed by atoms with E-state index in [-0.39, 0.29) is 5.69 Å². The first-order valence-electron chi connectivity index (χ1n) is 6.46. The van der Waals surface area contributed by atoms with Gasteiger partial charge in [-0.2, -0.15) is 0 Å². The monoisotopic (exact) mass is 332 g/mol. The molecule has 0 aliphatic carbocycles. The molecule has 0 saturated carbocycles. The van der Waals surface area contributed by atoms with E-state index in [1.807, 2.05) is 0 Å². The molecule has 0 aliphatic rings. The summed E-state index contributed by atoms with van der Waals surface area (Å²) in [6, 6.07) is 5.19. The number of benzene rings is 1. The Morgan fingerprint density at radius 2 is 2.09 bits per heavy atom. The van der Waals surface area contributed by atoms with Crippen LogP contribution in [0.25, 0.3) is 11.3 Å². The Bertz CT molecular complexity index is 816. The van der Waals surface area contributed by atoms with Crippen LogP contribution in [0.2, 0.25) is 0 Å². The van der Waals surface area contributed by atoms with Gasteiger partial charge in [0.05, 0.1) is 14.2 Å². The second-order valence-corrected chi connectivity index (χ2v) is 5.13. The first kappa shape index (κ1) is 15.0. The van der Waals surface area contributed by atoms with E-state index in [9.17, 15) is 4.79 Å². The van der Waals surface area contributed by atoms with Crippen LogP contribution in [0.15, 0.2) is 34.5 Å². The quantitative estimate of drug-likeness (QED) is 0.766. The van der Waals surface area contributed by atoms with Crippen molar-refractivity contribution < 1.29 is 18.7 Å². The molecule has 118 valence electrons. The Morgan fingerprint density at radius 3 is 2.78 bits per heavy atom. The molecule has 0 saturated heterocycles. The smallest absolute Gasteiger partial charge is 0.280 e. The molecular weight excluding hydrogens is 320 g/mol. The van der Waals surface area contributed by atoms with Crippen LogP contribution in [0.5, 0.6) is 11.5 Å². The number of nitrogens with zero attached hydrogens (tertiary/aromatic N) is 3. The summed E-state index contributed by atoms with van der Waals surface area (Å²) in [5, 5.41) is 10.4. The second-order valence-electron chi connectivity index (χ2n) is 4.30. The minimum Gasteiger partial charge on any atom is -0.493 e. The molecule has 23 heavy (non-hydrogen) atoms. The molecule has 9 heteroatoms. The van der Waals surface area contributed by atoms with E-state index in [0.29, 0.717) is 28.0 Å². The van der Waals surface area contributed by atoms with Gasteiger partial charge in [-0.1, -0.05) is 11.3 Å². The lowest BCUT2D eigenvalue weighted by molar-refractivity contribution is 0.102. The number of hydrogen-bond acceptors (Lipinski definition) is 8. The maximum absolute atomic E-state index is 12.3. The lowest BCUT2D eigenvalue weighted by Crippen LogP contribution is -2.13. The van der Waals surface area contributed by atoms with Crippen LogP contribution >= 0.6 is 11.3 Å². The highest BCUT2D eigenvalue weighted by Gasteiger charge is 2.20. The number of ether oxygens (including phenoxy) is 2. The van der Waals surface area contributed by atoms with Crippen LogP contribution in [-0.2, 0) is 0 Å². The predicted octanol–water partition coefficient (Wildman–Crippen LogP) is 2.46. The van der Waals surface area contributed by atoms with E-state index in [2.05, 4.69) is 20.5 Å². The van der Waals surface area contributed by atoms with Gasteiger partial charge in [0.15, 0.2) is 29.3 Å². The number of aromatic nitrogens is 3. The van der Waals surface area contributed by atoms with Crippen molar-refractivity contribution in [1.82, 2.24) is 15.2 Å². The zero-order valence-electron chi connectivity index (χ0n) is 12.3. The third kappa shape index (κ3) is 2.99. The van der Waals surface area contributed by atoms with Gasteiger partial charge in [-0.15, -0.1) is 10.2 Å². The fourth-order valence-corrected chi connectivity index (χ4v) is 2.41. The topological polar surface area (TPSA) is 99.4 Å². The van der Waals surface area contributed by atoms with Gasteiger partial charge >= 0.3 is 0 Å². The summed E-state index contributed by atoms with van der Waals surface area (Å²) in [5.41, 5.74) is 2.31. The first-order valence-corrected chi connectivity index (χ1v) is 7.34. The van der Waals surface area contributed by atoms with Gasteiger partial charge in [0.25, 0.3) is 5.91 Å². The molecule has 1 aromatic carbocycles. The van der Waals surface area contributed by atoms with Gasteiger partial charge in [-0.05, 0) is 18.2 Å². The fraction of sp³-hybridized carbons (Fsp3) is 0.143. The third-order valence-corrected chi connectivity index (χ3v) is 3.62. The summed E-state index contributed by atoms with van der Waals surface area (Å²) in [7, 11) is 3.08. The summed E-state index contributed by atoms with van der Waals surface area (Å²) in [4.78, 5) is 16.3. The van der Waals surface area contributed by atoms with Crippen molar-refractivity contribution >= 4 is 22.4 Å². The normalized spacial score (nSPS) is 10.3.